The zero-order chi connectivity index (χ0) is 23.2. The molecule has 0 bridgehead atoms. The lowest BCUT2D eigenvalue weighted by atomic mass is 10.1. The molecule has 1 fully saturated rings. The van der Waals surface area contributed by atoms with Gasteiger partial charge in [-0.1, -0.05) is 18.2 Å². The number of hydrogen-bond acceptors (Lipinski definition) is 8. The molecule has 1 aromatic heterocycles. The van der Waals surface area contributed by atoms with E-state index in [0.29, 0.717) is 66.5 Å². The lowest BCUT2D eigenvalue weighted by molar-refractivity contribution is 0.122. The SMILES string of the molecule is COc1cc(OC)c(OC)cc1/C=C(\C#N)c1nnc(N2CCOCC2)n1-c1ccccc1. The van der Waals surface area contributed by atoms with Crippen LogP contribution in [0, 0.1) is 11.3 Å². The lowest BCUT2D eigenvalue weighted by Gasteiger charge is -2.28. The fraction of sp³-hybridized carbons (Fsp3) is 0.292. The highest BCUT2D eigenvalue weighted by molar-refractivity contribution is 5.89. The molecule has 2 aromatic carbocycles. The van der Waals surface area contributed by atoms with Gasteiger partial charge in [-0.05, 0) is 24.3 Å². The minimum atomic E-state index is 0.330. The van der Waals surface area contributed by atoms with Gasteiger partial charge in [0.05, 0.1) is 45.8 Å². The number of benzene rings is 2. The van der Waals surface area contributed by atoms with Crippen LogP contribution in [0.2, 0.25) is 0 Å². The summed E-state index contributed by atoms with van der Waals surface area (Å²) in [6.07, 6.45) is 1.72. The van der Waals surface area contributed by atoms with Crippen LogP contribution < -0.4 is 19.1 Å². The van der Waals surface area contributed by atoms with Gasteiger partial charge in [-0.15, -0.1) is 10.2 Å². The van der Waals surface area contributed by atoms with Crippen molar-refractivity contribution in [2.75, 3.05) is 52.5 Å². The number of methoxy groups -OCH3 is 3. The zero-order valence-electron chi connectivity index (χ0n) is 18.8. The van der Waals surface area contributed by atoms with E-state index in [1.54, 1.807) is 39.5 Å². The number of nitrogens with zero attached hydrogens (tertiary/aromatic N) is 5. The summed E-state index contributed by atoms with van der Waals surface area (Å²) in [6.45, 7) is 2.61. The van der Waals surface area contributed by atoms with Gasteiger partial charge in [-0.25, -0.2) is 0 Å². The average molecular weight is 447 g/mol. The third-order valence-corrected chi connectivity index (χ3v) is 5.35. The van der Waals surface area contributed by atoms with Gasteiger partial charge in [0.25, 0.3) is 0 Å². The van der Waals surface area contributed by atoms with Crippen molar-refractivity contribution in [1.29, 1.82) is 5.26 Å². The van der Waals surface area contributed by atoms with E-state index in [2.05, 4.69) is 21.2 Å². The third-order valence-electron chi connectivity index (χ3n) is 5.35. The van der Waals surface area contributed by atoms with Crippen LogP contribution in [0.4, 0.5) is 5.95 Å². The van der Waals surface area contributed by atoms with Gasteiger partial charge in [-0.2, -0.15) is 5.26 Å². The number of morpholine rings is 1. The Morgan fingerprint density at radius 2 is 1.64 bits per heavy atom. The predicted octanol–water partition coefficient (Wildman–Crippen LogP) is 3.19. The molecule has 0 aliphatic carbocycles. The Morgan fingerprint density at radius 3 is 2.27 bits per heavy atom. The molecule has 4 rings (SSSR count). The van der Waals surface area contributed by atoms with Gasteiger partial charge in [0, 0.05) is 24.7 Å². The lowest BCUT2D eigenvalue weighted by Crippen LogP contribution is -2.38. The van der Waals surface area contributed by atoms with Crippen molar-refractivity contribution < 1.29 is 18.9 Å². The second-order valence-electron chi connectivity index (χ2n) is 7.21. The number of hydrogen-bond donors (Lipinski definition) is 0. The van der Waals surface area contributed by atoms with Crippen LogP contribution >= 0.6 is 0 Å². The zero-order valence-corrected chi connectivity index (χ0v) is 18.8. The molecule has 0 unspecified atom stereocenters. The maximum absolute atomic E-state index is 10.1. The molecule has 0 spiro atoms. The second-order valence-corrected chi connectivity index (χ2v) is 7.21. The molecule has 9 nitrogen and oxygen atoms in total. The summed E-state index contributed by atoms with van der Waals surface area (Å²) < 4.78 is 23.7. The number of nitriles is 1. The molecule has 1 aliphatic rings. The topological polar surface area (TPSA) is 94.7 Å². The minimum Gasteiger partial charge on any atom is -0.496 e. The Bertz CT molecular complexity index is 1180. The number of aromatic nitrogens is 3. The smallest absolute Gasteiger partial charge is 0.232 e. The van der Waals surface area contributed by atoms with Crippen molar-refractivity contribution >= 4 is 17.6 Å². The Kier molecular flexibility index (Phi) is 6.76. The van der Waals surface area contributed by atoms with Crippen LogP contribution in [0.3, 0.4) is 0 Å². The molecule has 1 aliphatic heterocycles. The molecule has 3 aromatic rings. The van der Waals surface area contributed by atoms with Crippen molar-refractivity contribution in [2.24, 2.45) is 0 Å². The number of allylic oxidation sites excluding steroid dienone is 1. The minimum absolute atomic E-state index is 0.330. The van der Waals surface area contributed by atoms with E-state index in [4.69, 9.17) is 18.9 Å². The summed E-state index contributed by atoms with van der Waals surface area (Å²) >= 11 is 0. The first-order chi connectivity index (χ1) is 16.2. The molecule has 0 amide bonds. The average Bonchev–Trinajstić information content (AvgIpc) is 3.32. The third kappa shape index (κ3) is 4.47. The van der Waals surface area contributed by atoms with Crippen LogP contribution in [0.15, 0.2) is 42.5 Å². The van der Waals surface area contributed by atoms with Crippen LogP contribution in [-0.4, -0.2) is 62.4 Å². The number of anilines is 1. The highest BCUT2D eigenvalue weighted by atomic mass is 16.5. The van der Waals surface area contributed by atoms with Gasteiger partial charge >= 0.3 is 0 Å². The van der Waals surface area contributed by atoms with E-state index < -0.39 is 0 Å². The first-order valence-corrected chi connectivity index (χ1v) is 10.5. The Labute approximate surface area is 192 Å². The highest BCUT2D eigenvalue weighted by Crippen LogP contribution is 2.36. The summed E-state index contributed by atoms with van der Waals surface area (Å²) in [4.78, 5) is 2.11. The standard InChI is InChI=1S/C24H25N5O4/c1-30-20-15-22(32-3)21(31-2)14-17(20)13-18(16-25)23-26-27-24(28-9-11-33-12-10-28)29(23)19-7-5-4-6-8-19/h4-8,13-15H,9-12H2,1-3H3/b18-13+. The van der Waals surface area contributed by atoms with Crippen molar-refractivity contribution in [1.82, 2.24) is 14.8 Å². The maximum atomic E-state index is 10.1. The van der Waals surface area contributed by atoms with E-state index in [1.807, 2.05) is 34.9 Å². The van der Waals surface area contributed by atoms with Crippen molar-refractivity contribution in [2.45, 2.75) is 0 Å². The van der Waals surface area contributed by atoms with Gasteiger partial charge < -0.3 is 23.8 Å². The Hall–Kier alpha value is -4.03. The molecular weight excluding hydrogens is 422 g/mol. The van der Waals surface area contributed by atoms with Gasteiger partial charge in [0.1, 0.15) is 11.8 Å². The molecular formula is C24H25N5O4. The molecule has 9 heteroatoms. The highest BCUT2D eigenvalue weighted by Gasteiger charge is 2.24. The Balaban J connectivity index is 1.86. The van der Waals surface area contributed by atoms with E-state index >= 15 is 0 Å². The Morgan fingerprint density at radius 1 is 0.970 bits per heavy atom. The first kappa shape index (κ1) is 22.2. The van der Waals surface area contributed by atoms with E-state index in [-0.39, 0.29) is 0 Å². The summed E-state index contributed by atoms with van der Waals surface area (Å²) in [5, 5.41) is 18.9. The van der Waals surface area contributed by atoms with Crippen LogP contribution in [0.1, 0.15) is 11.4 Å². The first-order valence-electron chi connectivity index (χ1n) is 10.5. The molecule has 0 saturated carbocycles. The number of ether oxygens (including phenoxy) is 4. The summed E-state index contributed by atoms with van der Waals surface area (Å²) in [6, 6.07) is 15.5. The van der Waals surface area contributed by atoms with Gasteiger partial charge in [-0.3, -0.25) is 4.57 Å². The number of rotatable bonds is 7. The molecule has 2 heterocycles. The number of para-hydroxylation sites is 1. The maximum Gasteiger partial charge on any atom is 0.232 e. The molecule has 170 valence electrons. The van der Waals surface area contributed by atoms with Crippen LogP contribution in [-0.2, 0) is 4.74 Å². The van der Waals surface area contributed by atoms with E-state index in [0.717, 1.165) is 5.69 Å². The molecule has 0 atom stereocenters. The largest absolute Gasteiger partial charge is 0.496 e. The van der Waals surface area contributed by atoms with Crippen LogP contribution in [0.5, 0.6) is 17.2 Å². The van der Waals surface area contributed by atoms with Crippen LogP contribution in [0.25, 0.3) is 17.3 Å². The fourth-order valence-electron chi connectivity index (χ4n) is 3.70. The molecule has 33 heavy (non-hydrogen) atoms. The fourth-order valence-corrected chi connectivity index (χ4v) is 3.70. The van der Waals surface area contributed by atoms with Crippen molar-refractivity contribution in [3.05, 3.63) is 53.9 Å². The summed E-state index contributed by atoms with van der Waals surface area (Å²) in [5.41, 5.74) is 1.85. The normalized spacial score (nSPS) is 14.0. The summed E-state index contributed by atoms with van der Waals surface area (Å²) in [5.74, 6) is 2.70. The van der Waals surface area contributed by atoms with Gasteiger partial charge in [0.15, 0.2) is 17.3 Å². The van der Waals surface area contributed by atoms with E-state index in [1.165, 1.54) is 0 Å². The van der Waals surface area contributed by atoms with Crippen molar-refractivity contribution in [3.8, 4) is 29.0 Å². The summed E-state index contributed by atoms with van der Waals surface area (Å²) in [7, 11) is 4.68. The molecule has 0 radical (unpaired) electrons. The monoisotopic (exact) mass is 447 g/mol. The second kappa shape index (κ2) is 10.1. The van der Waals surface area contributed by atoms with Gasteiger partial charge in [0.2, 0.25) is 5.95 Å². The quantitative estimate of drug-likeness (QED) is 0.510. The van der Waals surface area contributed by atoms with Crippen molar-refractivity contribution in [3.63, 3.8) is 0 Å². The predicted molar refractivity (Wildman–Crippen MR) is 124 cm³/mol. The molecule has 1 saturated heterocycles. The van der Waals surface area contributed by atoms with E-state index in [9.17, 15) is 5.26 Å². The molecule has 0 N–H and O–H groups in total.